The molecule has 1 aromatic carbocycles. The van der Waals surface area contributed by atoms with Crippen LogP contribution in [-0.2, 0) is 15.0 Å². The maximum atomic E-state index is 12.8. The van der Waals surface area contributed by atoms with Crippen molar-refractivity contribution in [3.05, 3.63) is 70.8 Å². The molecule has 2 saturated heterocycles. The van der Waals surface area contributed by atoms with Gasteiger partial charge in [-0.1, -0.05) is 22.9 Å². The molecule has 2 atom stereocenters. The summed E-state index contributed by atoms with van der Waals surface area (Å²) in [7, 11) is 0. The number of pyridine rings is 2. The number of nitrogens with one attached hydrogen (secondary N) is 3. The van der Waals surface area contributed by atoms with Gasteiger partial charge in [0.1, 0.15) is 47.2 Å². The summed E-state index contributed by atoms with van der Waals surface area (Å²) in [6, 6.07) is 13.2. The van der Waals surface area contributed by atoms with Gasteiger partial charge in [-0.15, -0.1) is 5.10 Å². The highest BCUT2D eigenvalue weighted by Crippen LogP contribution is 2.45. The average molecular weight is 775 g/mol. The third kappa shape index (κ3) is 7.57. The Morgan fingerprint density at radius 2 is 1.89 bits per heavy atom. The number of ether oxygens (including phenoxy) is 1. The lowest BCUT2D eigenvalue weighted by atomic mass is 9.75. The molecule has 1 saturated carbocycles. The van der Waals surface area contributed by atoms with E-state index in [4.69, 9.17) is 21.6 Å². The van der Waals surface area contributed by atoms with Crippen molar-refractivity contribution in [3.8, 4) is 23.6 Å². The van der Waals surface area contributed by atoms with Crippen LogP contribution in [0.2, 0.25) is 5.02 Å². The minimum absolute atomic E-state index is 0.215. The van der Waals surface area contributed by atoms with E-state index in [-0.39, 0.29) is 18.4 Å². The van der Waals surface area contributed by atoms with Gasteiger partial charge < -0.3 is 20.3 Å². The number of carbonyl (C=O) groups is 2. The number of imide groups is 1. The molecule has 1 spiro atoms. The minimum atomic E-state index is -0.759. The van der Waals surface area contributed by atoms with Crippen molar-refractivity contribution in [2.24, 2.45) is 5.92 Å². The molecule has 0 unspecified atom stereocenters. The van der Waals surface area contributed by atoms with Crippen LogP contribution in [0, 0.1) is 28.6 Å². The van der Waals surface area contributed by atoms with Crippen molar-refractivity contribution in [1.29, 1.82) is 10.5 Å². The first kappa shape index (κ1) is 37.2. The van der Waals surface area contributed by atoms with Crippen molar-refractivity contribution in [1.82, 2.24) is 35.2 Å². The molecule has 288 valence electrons. The number of aromatic nitrogens is 5. The van der Waals surface area contributed by atoms with Gasteiger partial charge in [-0.3, -0.25) is 19.8 Å². The number of hydrogen-bond acceptors (Lipinski definition) is 13. The number of halogens is 1. The summed E-state index contributed by atoms with van der Waals surface area (Å²) in [6.07, 6.45) is 11.5. The molecule has 16 heteroatoms. The topological polar surface area (TPSA) is 190 Å². The molecule has 3 aromatic heterocycles. The van der Waals surface area contributed by atoms with E-state index in [1.54, 1.807) is 23.9 Å². The average Bonchev–Trinajstić information content (AvgIpc) is 3.86. The maximum Gasteiger partial charge on any atom is 0.240 e. The van der Waals surface area contributed by atoms with Gasteiger partial charge in [0.25, 0.3) is 0 Å². The third-order valence-corrected chi connectivity index (χ3v) is 12.0. The van der Waals surface area contributed by atoms with Crippen LogP contribution in [-0.4, -0.2) is 87.0 Å². The van der Waals surface area contributed by atoms with Crippen molar-refractivity contribution in [3.63, 3.8) is 0 Å². The molecule has 15 nitrogen and oxygen atoms in total. The zero-order valence-corrected chi connectivity index (χ0v) is 31.9. The van der Waals surface area contributed by atoms with E-state index in [2.05, 4.69) is 64.2 Å². The lowest BCUT2D eigenvalue weighted by Crippen LogP contribution is -2.52. The van der Waals surface area contributed by atoms with Crippen molar-refractivity contribution in [2.75, 3.05) is 54.9 Å². The fraction of sp³-hybridized carbons (Fsp3) is 0.450. The molecule has 3 N–H and O–H groups in total. The SMILES string of the molecule is C[C@H](C#N)Nc1cc(Nc2ncc(C#N)cc2Cl)ncc1-n1cc(C2CCC(CCN3CCN(c4ccc5c(c4)OC[C@@]54CCC(=O)NC4=O)CC3)CC2)nn1. The number of rotatable bonds is 10. The minimum Gasteiger partial charge on any atom is -0.492 e. The number of nitrogens with zero attached hydrogens (tertiary/aromatic N) is 9. The Labute approximate surface area is 330 Å². The monoisotopic (exact) mass is 774 g/mol. The van der Waals surface area contributed by atoms with E-state index in [1.165, 1.54) is 18.7 Å². The predicted octanol–water partition coefficient (Wildman–Crippen LogP) is 5.20. The summed E-state index contributed by atoms with van der Waals surface area (Å²) in [5.74, 6) is 2.12. The summed E-state index contributed by atoms with van der Waals surface area (Å²) >= 11 is 6.32. The molecule has 2 amide bonds. The molecule has 56 heavy (non-hydrogen) atoms. The zero-order chi connectivity index (χ0) is 38.8. The highest BCUT2D eigenvalue weighted by molar-refractivity contribution is 6.33. The number of benzene rings is 1. The van der Waals surface area contributed by atoms with Crippen LogP contribution in [0.15, 0.2) is 48.9 Å². The van der Waals surface area contributed by atoms with Crippen LogP contribution in [0.4, 0.5) is 23.0 Å². The second kappa shape index (κ2) is 15.8. The molecule has 1 aliphatic carbocycles. The molecule has 4 aliphatic rings. The summed E-state index contributed by atoms with van der Waals surface area (Å²) in [5, 5.41) is 36.8. The Morgan fingerprint density at radius 3 is 2.64 bits per heavy atom. The Hall–Kier alpha value is -5.77. The first-order valence-electron chi connectivity index (χ1n) is 19.2. The second-order valence-corrected chi connectivity index (χ2v) is 15.6. The van der Waals surface area contributed by atoms with Gasteiger partial charge in [0, 0.05) is 68.1 Å². The fourth-order valence-electron chi connectivity index (χ4n) is 8.36. The Morgan fingerprint density at radius 1 is 1.07 bits per heavy atom. The summed E-state index contributed by atoms with van der Waals surface area (Å²) in [4.78, 5) is 38.3. The molecular weight excluding hydrogens is 732 g/mol. The van der Waals surface area contributed by atoms with Crippen LogP contribution in [0.5, 0.6) is 5.75 Å². The van der Waals surface area contributed by atoms with Gasteiger partial charge in [-0.25, -0.2) is 14.6 Å². The van der Waals surface area contributed by atoms with Crippen LogP contribution in [0.3, 0.4) is 0 Å². The quantitative estimate of drug-likeness (QED) is 0.178. The van der Waals surface area contributed by atoms with Crippen LogP contribution < -0.4 is 25.6 Å². The lowest BCUT2D eigenvalue weighted by molar-refractivity contribution is -0.138. The van der Waals surface area contributed by atoms with E-state index in [1.807, 2.05) is 18.3 Å². The summed E-state index contributed by atoms with van der Waals surface area (Å²) in [5.41, 5.74) is 3.86. The normalized spacial score (nSPS) is 22.8. The van der Waals surface area contributed by atoms with Crippen molar-refractivity contribution >= 4 is 46.4 Å². The molecule has 8 rings (SSSR count). The molecule has 4 aromatic rings. The summed E-state index contributed by atoms with van der Waals surface area (Å²) in [6.45, 7) is 7.02. The molecular formula is C40H43ClN12O3. The van der Waals surface area contributed by atoms with E-state index in [9.17, 15) is 14.9 Å². The van der Waals surface area contributed by atoms with E-state index < -0.39 is 11.5 Å². The molecule has 3 aliphatic heterocycles. The molecule has 3 fully saturated rings. The van der Waals surface area contributed by atoms with E-state index >= 15 is 0 Å². The van der Waals surface area contributed by atoms with Gasteiger partial charge >= 0.3 is 0 Å². The Bertz CT molecular complexity index is 2220. The van der Waals surface area contributed by atoms with E-state index in [0.29, 0.717) is 58.3 Å². The van der Waals surface area contributed by atoms with Crippen molar-refractivity contribution < 1.29 is 14.3 Å². The largest absolute Gasteiger partial charge is 0.492 e. The first-order chi connectivity index (χ1) is 27.2. The number of anilines is 4. The summed E-state index contributed by atoms with van der Waals surface area (Å²) < 4.78 is 7.73. The van der Waals surface area contributed by atoms with E-state index in [0.717, 1.165) is 81.1 Å². The van der Waals surface area contributed by atoms with Crippen LogP contribution >= 0.6 is 11.6 Å². The van der Waals surface area contributed by atoms with Gasteiger partial charge in [0.05, 0.1) is 40.4 Å². The zero-order valence-electron chi connectivity index (χ0n) is 31.2. The van der Waals surface area contributed by atoms with Gasteiger partial charge in [0.15, 0.2) is 0 Å². The second-order valence-electron chi connectivity index (χ2n) is 15.2. The van der Waals surface area contributed by atoms with Gasteiger partial charge in [0.2, 0.25) is 11.8 Å². The number of fused-ring (bicyclic) bond motifs is 2. The highest BCUT2D eigenvalue weighted by Gasteiger charge is 2.50. The van der Waals surface area contributed by atoms with Gasteiger partial charge in [-0.05, 0) is 70.0 Å². The molecule has 0 bridgehead atoms. The van der Waals surface area contributed by atoms with Crippen LogP contribution in [0.1, 0.15) is 74.6 Å². The third-order valence-electron chi connectivity index (χ3n) is 11.7. The number of nitriles is 2. The first-order valence-corrected chi connectivity index (χ1v) is 19.6. The molecule has 6 heterocycles. The molecule has 0 radical (unpaired) electrons. The highest BCUT2D eigenvalue weighted by atomic mass is 35.5. The Kier molecular flexibility index (Phi) is 10.5. The predicted molar refractivity (Wildman–Crippen MR) is 209 cm³/mol. The number of carbonyl (C=O) groups excluding carboxylic acids is 2. The Balaban J connectivity index is 0.824. The standard InChI is InChI=1S/C40H43ClN12O3/c1-25(19-42)46-32-18-36(47-38-31(41)16-27(20-43)21-45-38)44-22-34(32)53-23-33(49-50-53)28-4-2-26(3-5-28)9-11-51-12-14-52(15-13-51)29-6-7-30-35(17-29)56-24-40(30)10-8-37(54)48-39(40)55/h6-7,16-18,21-23,25-26,28H,2-5,8-15,24H2,1H3,(H,48,54,55)(H2,44,45,46,47)/t25-,26?,28?,40+/m1/s1. The van der Waals surface area contributed by atoms with Crippen molar-refractivity contribution in [2.45, 2.75) is 69.2 Å². The maximum absolute atomic E-state index is 12.8. The van der Waals surface area contributed by atoms with Gasteiger partial charge in [-0.2, -0.15) is 10.5 Å². The number of piperazine rings is 1. The number of amides is 2. The lowest BCUT2D eigenvalue weighted by Gasteiger charge is -2.37. The number of piperidine rings is 1. The fourth-order valence-corrected chi connectivity index (χ4v) is 8.57. The number of hydrogen-bond donors (Lipinski definition) is 3. The van der Waals surface area contributed by atoms with Crippen LogP contribution in [0.25, 0.3) is 5.69 Å². The smallest absolute Gasteiger partial charge is 0.240 e.